The zero-order chi connectivity index (χ0) is 21.9. The first-order valence-electron chi connectivity index (χ1n) is 8.59. The van der Waals surface area contributed by atoms with E-state index in [1.54, 1.807) is 18.2 Å². The zero-order valence-corrected chi connectivity index (χ0v) is 16.5. The van der Waals surface area contributed by atoms with Crippen molar-refractivity contribution in [3.05, 3.63) is 72.1 Å². The largest absolute Gasteiger partial charge is 0.416 e. The molecule has 1 heterocycles. The molecule has 3 aromatic rings. The Bertz CT molecular complexity index is 1170. The van der Waals surface area contributed by atoms with Crippen LogP contribution in [0.25, 0.3) is 5.69 Å². The minimum atomic E-state index is -4.48. The number of hydrogen-bond acceptors (Lipinski definition) is 4. The number of carbonyl (C=O) groups is 1. The lowest BCUT2D eigenvalue weighted by Gasteiger charge is -2.10. The van der Waals surface area contributed by atoms with Crippen LogP contribution in [0.4, 0.5) is 24.5 Å². The van der Waals surface area contributed by atoms with Gasteiger partial charge in [0, 0.05) is 0 Å². The highest BCUT2D eigenvalue weighted by Gasteiger charge is 2.30. The summed E-state index contributed by atoms with van der Waals surface area (Å²) in [7, 11) is -3.51. The van der Waals surface area contributed by atoms with Gasteiger partial charge in [0.2, 0.25) is 15.9 Å². The molecule has 0 unspecified atom stereocenters. The highest BCUT2D eigenvalue weighted by molar-refractivity contribution is 7.92. The molecule has 0 radical (unpaired) electrons. The van der Waals surface area contributed by atoms with Crippen LogP contribution in [0.3, 0.4) is 0 Å². The smallest absolute Gasteiger partial charge is 0.323 e. The van der Waals surface area contributed by atoms with Gasteiger partial charge in [-0.05, 0) is 29.8 Å². The highest BCUT2D eigenvalue weighted by Crippen LogP contribution is 2.30. The molecule has 3 rings (SSSR count). The first-order valence-corrected chi connectivity index (χ1v) is 10.5. The van der Waals surface area contributed by atoms with E-state index < -0.39 is 27.7 Å². The Balaban J connectivity index is 1.72. The van der Waals surface area contributed by atoms with Crippen LogP contribution in [0.5, 0.6) is 0 Å². The van der Waals surface area contributed by atoms with Crippen LogP contribution < -0.4 is 10.0 Å². The predicted octanol–water partition coefficient (Wildman–Crippen LogP) is 3.44. The minimum Gasteiger partial charge on any atom is -0.323 e. The van der Waals surface area contributed by atoms with E-state index in [0.717, 1.165) is 18.4 Å². The maximum Gasteiger partial charge on any atom is 0.416 e. The van der Waals surface area contributed by atoms with Gasteiger partial charge in [-0.25, -0.2) is 13.1 Å². The maximum atomic E-state index is 12.9. The molecule has 1 aromatic heterocycles. The van der Waals surface area contributed by atoms with Gasteiger partial charge in [-0.1, -0.05) is 24.3 Å². The third-order valence-electron chi connectivity index (χ3n) is 3.97. The molecular weight excluding hydrogens is 421 g/mol. The Labute approximate surface area is 170 Å². The van der Waals surface area contributed by atoms with E-state index in [2.05, 4.69) is 15.1 Å². The molecule has 0 fully saturated rings. The number of aromatic nitrogens is 2. The van der Waals surface area contributed by atoms with Gasteiger partial charge in [0.1, 0.15) is 0 Å². The molecule has 0 saturated heterocycles. The van der Waals surface area contributed by atoms with E-state index in [9.17, 15) is 26.4 Å². The fourth-order valence-corrected chi connectivity index (χ4v) is 3.30. The number of benzene rings is 2. The molecule has 0 aliphatic heterocycles. The number of hydrogen-bond donors (Lipinski definition) is 2. The Hall–Kier alpha value is -3.34. The molecule has 158 valence electrons. The molecule has 0 aliphatic carbocycles. The molecule has 0 saturated carbocycles. The summed E-state index contributed by atoms with van der Waals surface area (Å²) in [5.41, 5.74) is 0.413. The molecule has 30 heavy (non-hydrogen) atoms. The van der Waals surface area contributed by atoms with Crippen LogP contribution in [-0.2, 0) is 27.4 Å². The van der Waals surface area contributed by atoms with Crippen molar-refractivity contribution in [2.24, 2.45) is 0 Å². The van der Waals surface area contributed by atoms with Gasteiger partial charge >= 0.3 is 6.18 Å². The van der Waals surface area contributed by atoms with E-state index in [-0.39, 0.29) is 23.5 Å². The van der Waals surface area contributed by atoms with Crippen molar-refractivity contribution in [1.29, 1.82) is 0 Å². The molecule has 0 atom stereocenters. The summed E-state index contributed by atoms with van der Waals surface area (Å²) >= 11 is 0. The van der Waals surface area contributed by atoms with Gasteiger partial charge in [0.15, 0.2) is 0 Å². The second-order valence-electron chi connectivity index (χ2n) is 6.48. The second-order valence-corrected chi connectivity index (χ2v) is 8.23. The molecular formula is C19H17F3N4O3S. The summed E-state index contributed by atoms with van der Waals surface area (Å²) in [6.45, 7) is 0. The van der Waals surface area contributed by atoms with Gasteiger partial charge in [-0.3, -0.25) is 9.52 Å². The highest BCUT2D eigenvalue weighted by atomic mass is 32.2. The normalized spacial score (nSPS) is 11.9. The van der Waals surface area contributed by atoms with Crippen LogP contribution in [-0.4, -0.2) is 30.4 Å². The minimum absolute atomic E-state index is 0.118. The van der Waals surface area contributed by atoms with Crippen molar-refractivity contribution >= 4 is 27.3 Å². The average Bonchev–Trinajstić information content (AvgIpc) is 3.10. The van der Waals surface area contributed by atoms with E-state index in [0.29, 0.717) is 5.56 Å². The topological polar surface area (TPSA) is 93.1 Å². The van der Waals surface area contributed by atoms with Gasteiger partial charge in [-0.2, -0.15) is 18.3 Å². The summed E-state index contributed by atoms with van der Waals surface area (Å²) in [6, 6.07) is 11.1. The van der Waals surface area contributed by atoms with Crippen LogP contribution in [0.15, 0.2) is 60.9 Å². The number of nitrogens with zero attached hydrogens (tertiary/aromatic N) is 2. The fraction of sp³-hybridized carbons (Fsp3) is 0.158. The molecule has 0 bridgehead atoms. The number of sulfonamides is 1. The fourth-order valence-electron chi connectivity index (χ4n) is 2.71. The summed E-state index contributed by atoms with van der Waals surface area (Å²) in [4.78, 5) is 12.4. The first kappa shape index (κ1) is 21.4. The first-order chi connectivity index (χ1) is 14.0. The van der Waals surface area contributed by atoms with E-state index in [1.807, 2.05) is 0 Å². The van der Waals surface area contributed by atoms with E-state index in [4.69, 9.17) is 0 Å². The molecule has 1 amide bonds. The lowest BCUT2D eigenvalue weighted by Crippen LogP contribution is -2.17. The predicted molar refractivity (Wildman–Crippen MR) is 106 cm³/mol. The van der Waals surface area contributed by atoms with Crippen LogP contribution in [0, 0.1) is 0 Å². The van der Waals surface area contributed by atoms with Gasteiger partial charge in [-0.15, -0.1) is 0 Å². The number of carbonyl (C=O) groups excluding carboxylic acids is 1. The lowest BCUT2D eigenvalue weighted by molar-refractivity contribution is -0.137. The third-order valence-corrected chi connectivity index (χ3v) is 4.56. The van der Waals surface area contributed by atoms with E-state index >= 15 is 0 Å². The van der Waals surface area contributed by atoms with Crippen LogP contribution in [0.2, 0.25) is 0 Å². The monoisotopic (exact) mass is 438 g/mol. The van der Waals surface area contributed by atoms with Crippen molar-refractivity contribution < 1.29 is 26.4 Å². The second kappa shape index (κ2) is 8.19. The molecule has 2 aromatic carbocycles. The molecule has 0 aliphatic rings. The summed E-state index contributed by atoms with van der Waals surface area (Å²) in [5, 5.41) is 6.57. The van der Waals surface area contributed by atoms with E-state index in [1.165, 1.54) is 35.3 Å². The quantitative estimate of drug-likeness (QED) is 0.617. The Morgan fingerprint density at radius 3 is 2.57 bits per heavy atom. The summed E-state index contributed by atoms with van der Waals surface area (Å²) < 4.78 is 65.1. The number of alkyl halides is 3. The Kier molecular flexibility index (Phi) is 5.83. The number of amides is 1. The van der Waals surface area contributed by atoms with Gasteiger partial charge < -0.3 is 5.32 Å². The van der Waals surface area contributed by atoms with Crippen molar-refractivity contribution in [2.45, 2.75) is 12.6 Å². The number of halogens is 3. The average molecular weight is 438 g/mol. The van der Waals surface area contributed by atoms with Crippen LogP contribution in [0.1, 0.15) is 11.1 Å². The summed E-state index contributed by atoms with van der Waals surface area (Å²) in [5.74, 6) is -0.443. The Morgan fingerprint density at radius 1 is 1.13 bits per heavy atom. The Morgan fingerprint density at radius 2 is 1.87 bits per heavy atom. The number of para-hydroxylation sites is 1. The van der Waals surface area contributed by atoms with Crippen molar-refractivity contribution in [3.63, 3.8) is 0 Å². The standard InChI is InChI=1S/C19H17F3N4O3S/c1-30(28,29)25-17-8-3-2-5-13(17)9-18(27)24-15-11-23-26(12-15)16-7-4-6-14(10-16)19(20,21)22/h2-8,10-12,25H,9H2,1H3,(H,24,27). The van der Waals surface area contributed by atoms with Crippen LogP contribution >= 0.6 is 0 Å². The number of anilines is 2. The van der Waals surface area contributed by atoms with Gasteiger partial charge in [0.25, 0.3) is 0 Å². The maximum absolute atomic E-state index is 12.9. The van der Waals surface area contributed by atoms with Crippen molar-refractivity contribution in [2.75, 3.05) is 16.3 Å². The van der Waals surface area contributed by atoms with Crippen molar-refractivity contribution in [1.82, 2.24) is 9.78 Å². The molecule has 0 spiro atoms. The van der Waals surface area contributed by atoms with Crippen molar-refractivity contribution in [3.8, 4) is 5.69 Å². The SMILES string of the molecule is CS(=O)(=O)Nc1ccccc1CC(=O)Nc1cnn(-c2cccc(C(F)(F)F)c2)c1. The molecule has 7 nitrogen and oxygen atoms in total. The lowest BCUT2D eigenvalue weighted by atomic mass is 10.1. The third kappa shape index (κ3) is 5.60. The number of rotatable bonds is 6. The summed E-state index contributed by atoms with van der Waals surface area (Å²) in [6.07, 6.45) is -0.903. The molecule has 11 heteroatoms. The van der Waals surface area contributed by atoms with Gasteiger partial charge in [0.05, 0.1) is 47.7 Å². The zero-order valence-electron chi connectivity index (χ0n) is 15.6. The number of nitrogens with one attached hydrogen (secondary N) is 2. The molecule has 2 N–H and O–H groups in total.